The van der Waals surface area contributed by atoms with Gasteiger partial charge in [0.1, 0.15) is 11.5 Å². The van der Waals surface area contributed by atoms with Gasteiger partial charge in [-0.25, -0.2) is 4.68 Å². The van der Waals surface area contributed by atoms with E-state index in [2.05, 4.69) is 10.3 Å². The summed E-state index contributed by atoms with van der Waals surface area (Å²) in [5.41, 5.74) is 1.28. The monoisotopic (exact) mass is 440 g/mol. The third-order valence-corrected chi connectivity index (χ3v) is 5.77. The standard InChI is InChI=1S/C23H25ClN4O3/c1-30-19-8-10-20(11-9-19)31-16-17-5-4-12-27(13-17)23(29)22-15-28(26-25-22)14-18-6-2-3-7-21(18)24/h2-3,6-11,15,17H,4-5,12-14,16H2,1H3. The molecule has 1 aliphatic rings. The van der Waals surface area contributed by atoms with Gasteiger partial charge in [0.15, 0.2) is 5.69 Å². The molecule has 3 aromatic rings. The van der Waals surface area contributed by atoms with E-state index in [1.807, 2.05) is 53.4 Å². The number of hydrogen-bond donors (Lipinski definition) is 0. The summed E-state index contributed by atoms with van der Waals surface area (Å²) < 4.78 is 12.7. The maximum Gasteiger partial charge on any atom is 0.276 e. The Hall–Kier alpha value is -3.06. The van der Waals surface area contributed by atoms with Gasteiger partial charge in [0.2, 0.25) is 0 Å². The van der Waals surface area contributed by atoms with E-state index in [1.165, 1.54) is 0 Å². The van der Waals surface area contributed by atoms with E-state index in [1.54, 1.807) is 18.0 Å². The number of nitrogens with zero attached hydrogens (tertiary/aromatic N) is 4. The number of hydrogen-bond acceptors (Lipinski definition) is 5. The highest BCUT2D eigenvalue weighted by Gasteiger charge is 2.26. The fourth-order valence-corrected chi connectivity index (χ4v) is 3.90. The van der Waals surface area contributed by atoms with Crippen LogP contribution < -0.4 is 9.47 Å². The van der Waals surface area contributed by atoms with E-state index in [0.717, 1.165) is 36.4 Å². The maximum atomic E-state index is 13.0. The van der Waals surface area contributed by atoms with Crippen molar-refractivity contribution < 1.29 is 14.3 Å². The van der Waals surface area contributed by atoms with Gasteiger partial charge in [-0.1, -0.05) is 35.0 Å². The Balaban J connectivity index is 1.33. The zero-order valence-electron chi connectivity index (χ0n) is 17.4. The summed E-state index contributed by atoms with van der Waals surface area (Å²) in [7, 11) is 1.64. The quantitative estimate of drug-likeness (QED) is 0.557. The topological polar surface area (TPSA) is 69.5 Å². The minimum Gasteiger partial charge on any atom is -0.497 e. The van der Waals surface area contributed by atoms with Crippen molar-refractivity contribution >= 4 is 17.5 Å². The van der Waals surface area contributed by atoms with Crippen LogP contribution in [-0.2, 0) is 6.54 Å². The van der Waals surface area contributed by atoms with Crippen LogP contribution in [-0.4, -0.2) is 52.6 Å². The van der Waals surface area contributed by atoms with Crippen molar-refractivity contribution in [3.8, 4) is 11.5 Å². The number of ether oxygens (including phenoxy) is 2. The van der Waals surface area contributed by atoms with Crippen molar-refractivity contribution in [2.75, 3.05) is 26.8 Å². The number of halogens is 1. The Labute approximate surface area is 186 Å². The van der Waals surface area contributed by atoms with Crippen molar-refractivity contribution in [2.45, 2.75) is 19.4 Å². The van der Waals surface area contributed by atoms with Crippen LogP contribution in [0.4, 0.5) is 0 Å². The lowest BCUT2D eigenvalue weighted by molar-refractivity contribution is 0.0627. The SMILES string of the molecule is COc1ccc(OCC2CCCN(C(=O)c3cn(Cc4ccccc4Cl)nn3)C2)cc1. The first kappa shape index (κ1) is 21.2. The van der Waals surface area contributed by atoms with E-state index < -0.39 is 0 Å². The Kier molecular flexibility index (Phi) is 6.72. The summed E-state index contributed by atoms with van der Waals surface area (Å²) in [4.78, 5) is 14.8. The predicted molar refractivity (Wildman–Crippen MR) is 118 cm³/mol. The van der Waals surface area contributed by atoms with Crippen molar-refractivity contribution in [3.05, 3.63) is 71.0 Å². The molecule has 162 valence electrons. The molecular formula is C23H25ClN4O3. The van der Waals surface area contributed by atoms with Gasteiger partial charge in [0.05, 0.1) is 26.5 Å². The lowest BCUT2D eigenvalue weighted by Crippen LogP contribution is -2.41. The molecule has 0 radical (unpaired) electrons. The molecule has 0 spiro atoms. The molecule has 4 rings (SSSR count). The predicted octanol–water partition coefficient (Wildman–Crippen LogP) is 3.92. The lowest BCUT2D eigenvalue weighted by atomic mass is 9.98. The molecule has 1 fully saturated rings. The fourth-order valence-electron chi connectivity index (χ4n) is 3.71. The minimum atomic E-state index is -0.0976. The first-order chi connectivity index (χ1) is 15.1. The van der Waals surface area contributed by atoms with Crippen LogP contribution in [0.2, 0.25) is 5.02 Å². The van der Waals surface area contributed by atoms with E-state index in [-0.39, 0.29) is 11.8 Å². The van der Waals surface area contributed by atoms with Gasteiger partial charge in [0.25, 0.3) is 5.91 Å². The van der Waals surface area contributed by atoms with E-state index in [0.29, 0.717) is 30.4 Å². The zero-order valence-corrected chi connectivity index (χ0v) is 18.2. The van der Waals surface area contributed by atoms with E-state index >= 15 is 0 Å². The van der Waals surface area contributed by atoms with Crippen LogP contribution in [0.15, 0.2) is 54.7 Å². The molecule has 1 saturated heterocycles. The number of likely N-dealkylation sites (tertiary alicyclic amines) is 1. The van der Waals surface area contributed by atoms with Crippen LogP contribution in [0, 0.1) is 5.92 Å². The molecule has 31 heavy (non-hydrogen) atoms. The fraction of sp³-hybridized carbons (Fsp3) is 0.348. The van der Waals surface area contributed by atoms with Gasteiger partial charge < -0.3 is 14.4 Å². The number of methoxy groups -OCH3 is 1. The summed E-state index contributed by atoms with van der Waals surface area (Å²) in [6, 6.07) is 15.1. The van der Waals surface area contributed by atoms with Gasteiger partial charge in [-0.05, 0) is 48.7 Å². The van der Waals surface area contributed by atoms with Crippen molar-refractivity contribution in [1.29, 1.82) is 0 Å². The minimum absolute atomic E-state index is 0.0976. The highest BCUT2D eigenvalue weighted by atomic mass is 35.5. The van der Waals surface area contributed by atoms with Gasteiger partial charge in [-0.2, -0.15) is 0 Å². The van der Waals surface area contributed by atoms with Crippen LogP contribution >= 0.6 is 11.6 Å². The molecular weight excluding hydrogens is 416 g/mol. The Morgan fingerprint density at radius 2 is 1.94 bits per heavy atom. The number of carbonyl (C=O) groups is 1. The Bertz CT molecular complexity index is 1020. The lowest BCUT2D eigenvalue weighted by Gasteiger charge is -2.32. The molecule has 2 aromatic carbocycles. The van der Waals surface area contributed by atoms with Gasteiger partial charge in [-0.15, -0.1) is 5.10 Å². The Morgan fingerprint density at radius 3 is 2.71 bits per heavy atom. The third-order valence-electron chi connectivity index (χ3n) is 5.40. The number of benzene rings is 2. The van der Waals surface area contributed by atoms with Crippen LogP contribution in [0.3, 0.4) is 0 Å². The number of amides is 1. The molecule has 1 aliphatic heterocycles. The van der Waals surface area contributed by atoms with Crippen molar-refractivity contribution in [3.63, 3.8) is 0 Å². The number of carbonyl (C=O) groups excluding carboxylic acids is 1. The first-order valence-corrected chi connectivity index (χ1v) is 10.7. The molecule has 0 bridgehead atoms. The molecule has 1 amide bonds. The van der Waals surface area contributed by atoms with Crippen LogP contribution in [0.5, 0.6) is 11.5 Å². The first-order valence-electron chi connectivity index (χ1n) is 10.3. The van der Waals surface area contributed by atoms with Gasteiger partial charge in [0, 0.05) is 24.0 Å². The Morgan fingerprint density at radius 1 is 1.16 bits per heavy atom. The molecule has 1 unspecified atom stereocenters. The van der Waals surface area contributed by atoms with Crippen LogP contribution in [0.25, 0.3) is 0 Å². The highest BCUT2D eigenvalue weighted by molar-refractivity contribution is 6.31. The molecule has 0 N–H and O–H groups in total. The summed E-state index contributed by atoms with van der Waals surface area (Å²) >= 11 is 6.22. The molecule has 8 heteroatoms. The van der Waals surface area contributed by atoms with Crippen LogP contribution in [0.1, 0.15) is 28.9 Å². The number of piperidine rings is 1. The van der Waals surface area contributed by atoms with Gasteiger partial charge >= 0.3 is 0 Å². The van der Waals surface area contributed by atoms with E-state index in [9.17, 15) is 4.79 Å². The second kappa shape index (κ2) is 9.83. The van der Waals surface area contributed by atoms with E-state index in [4.69, 9.17) is 21.1 Å². The average molecular weight is 441 g/mol. The number of aromatic nitrogens is 3. The normalized spacial score (nSPS) is 16.2. The average Bonchev–Trinajstić information content (AvgIpc) is 3.28. The molecule has 0 aliphatic carbocycles. The molecule has 0 saturated carbocycles. The zero-order chi connectivity index (χ0) is 21.6. The summed E-state index contributed by atoms with van der Waals surface area (Å²) in [6.07, 6.45) is 3.65. The summed E-state index contributed by atoms with van der Waals surface area (Å²) in [5, 5.41) is 8.86. The molecule has 1 aromatic heterocycles. The van der Waals surface area contributed by atoms with Crippen molar-refractivity contribution in [1.82, 2.24) is 19.9 Å². The van der Waals surface area contributed by atoms with Crippen molar-refractivity contribution in [2.24, 2.45) is 5.92 Å². The second-order valence-corrected chi connectivity index (χ2v) is 8.05. The molecule has 7 nitrogen and oxygen atoms in total. The summed E-state index contributed by atoms with van der Waals surface area (Å²) in [5.74, 6) is 1.77. The number of rotatable bonds is 7. The summed E-state index contributed by atoms with van der Waals surface area (Å²) in [6.45, 7) is 2.40. The largest absolute Gasteiger partial charge is 0.497 e. The maximum absolute atomic E-state index is 13.0. The molecule has 1 atom stereocenters. The molecule has 2 heterocycles. The van der Waals surface area contributed by atoms with Gasteiger partial charge in [-0.3, -0.25) is 4.79 Å². The third kappa shape index (κ3) is 5.35. The highest BCUT2D eigenvalue weighted by Crippen LogP contribution is 2.22. The second-order valence-electron chi connectivity index (χ2n) is 7.64. The smallest absolute Gasteiger partial charge is 0.276 e.